The van der Waals surface area contributed by atoms with Crippen molar-refractivity contribution in [3.63, 3.8) is 0 Å². The Bertz CT molecular complexity index is 750. The highest BCUT2D eigenvalue weighted by atomic mass is 35.5. The van der Waals surface area contributed by atoms with E-state index in [1.54, 1.807) is 0 Å². The standard InChI is InChI=1S/C14H10ClF3O2S/c1-21(19,20)10-4-2-8(3-5-10)14(15)13-11(17)6-9(16)7-12(13)18/h2-7,14H,1H3. The van der Waals surface area contributed by atoms with Gasteiger partial charge in [-0.2, -0.15) is 0 Å². The van der Waals surface area contributed by atoms with E-state index in [0.717, 1.165) is 6.26 Å². The van der Waals surface area contributed by atoms with Gasteiger partial charge >= 0.3 is 0 Å². The summed E-state index contributed by atoms with van der Waals surface area (Å²) in [5.41, 5.74) is -0.182. The highest BCUT2D eigenvalue weighted by Gasteiger charge is 2.21. The number of halogens is 4. The topological polar surface area (TPSA) is 34.1 Å². The van der Waals surface area contributed by atoms with Gasteiger partial charge in [-0.25, -0.2) is 21.6 Å². The molecule has 7 heteroatoms. The van der Waals surface area contributed by atoms with Crippen LogP contribution in [0.4, 0.5) is 13.2 Å². The zero-order valence-electron chi connectivity index (χ0n) is 10.8. The van der Waals surface area contributed by atoms with Crippen molar-refractivity contribution in [1.82, 2.24) is 0 Å². The molecule has 0 bridgehead atoms. The predicted molar refractivity (Wildman–Crippen MR) is 73.6 cm³/mol. The van der Waals surface area contributed by atoms with Crippen LogP contribution in [0.2, 0.25) is 0 Å². The van der Waals surface area contributed by atoms with E-state index >= 15 is 0 Å². The van der Waals surface area contributed by atoms with Gasteiger partial charge in [-0.05, 0) is 17.7 Å². The summed E-state index contributed by atoms with van der Waals surface area (Å²) >= 11 is 6.01. The summed E-state index contributed by atoms with van der Waals surface area (Å²) in [4.78, 5) is 0.0650. The average Bonchev–Trinajstić information content (AvgIpc) is 2.36. The molecule has 112 valence electrons. The third-order valence-electron chi connectivity index (χ3n) is 2.90. The SMILES string of the molecule is CS(=O)(=O)c1ccc(C(Cl)c2c(F)cc(F)cc2F)cc1. The van der Waals surface area contributed by atoms with Gasteiger partial charge in [0.1, 0.15) is 17.5 Å². The van der Waals surface area contributed by atoms with Gasteiger partial charge in [0.15, 0.2) is 9.84 Å². The van der Waals surface area contributed by atoms with Crippen LogP contribution in [0.3, 0.4) is 0 Å². The zero-order chi connectivity index (χ0) is 15.8. The molecule has 0 saturated heterocycles. The molecule has 0 aliphatic carbocycles. The van der Waals surface area contributed by atoms with E-state index in [-0.39, 0.29) is 4.90 Å². The summed E-state index contributed by atoms with van der Waals surface area (Å²) in [7, 11) is -3.37. The van der Waals surface area contributed by atoms with Crippen LogP contribution < -0.4 is 0 Å². The molecule has 0 amide bonds. The maximum absolute atomic E-state index is 13.7. The Hall–Kier alpha value is -1.53. The van der Waals surface area contributed by atoms with E-state index in [1.807, 2.05) is 0 Å². The van der Waals surface area contributed by atoms with E-state index < -0.39 is 38.2 Å². The third-order valence-corrected chi connectivity index (χ3v) is 4.50. The number of hydrogen-bond donors (Lipinski definition) is 0. The molecule has 2 aromatic carbocycles. The molecule has 0 N–H and O–H groups in total. The van der Waals surface area contributed by atoms with Gasteiger partial charge in [0.2, 0.25) is 0 Å². The molecular formula is C14H10ClF3O2S. The molecular weight excluding hydrogens is 325 g/mol. The molecule has 2 rings (SSSR count). The molecule has 0 heterocycles. The second-order valence-electron chi connectivity index (χ2n) is 4.49. The minimum Gasteiger partial charge on any atom is -0.224 e. The lowest BCUT2D eigenvalue weighted by Gasteiger charge is -2.13. The van der Waals surface area contributed by atoms with Crippen LogP contribution in [0.15, 0.2) is 41.3 Å². The quantitative estimate of drug-likeness (QED) is 0.799. The first-order valence-corrected chi connectivity index (χ1v) is 8.11. The van der Waals surface area contributed by atoms with Crippen molar-refractivity contribution in [2.45, 2.75) is 10.3 Å². The normalized spacial score (nSPS) is 13.2. The van der Waals surface area contributed by atoms with E-state index in [2.05, 4.69) is 0 Å². The van der Waals surface area contributed by atoms with Crippen molar-refractivity contribution in [3.8, 4) is 0 Å². The maximum atomic E-state index is 13.7. The van der Waals surface area contributed by atoms with Crippen LogP contribution in [0, 0.1) is 17.5 Å². The third kappa shape index (κ3) is 3.39. The van der Waals surface area contributed by atoms with Gasteiger partial charge in [-0.15, -0.1) is 11.6 Å². The smallest absolute Gasteiger partial charge is 0.175 e. The highest BCUT2D eigenvalue weighted by molar-refractivity contribution is 7.90. The van der Waals surface area contributed by atoms with E-state index in [9.17, 15) is 21.6 Å². The first-order valence-electron chi connectivity index (χ1n) is 5.78. The van der Waals surface area contributed by atoms with Gasteiger partial charge in [0.05, 0.1) is 10.3 Å². The Morgan fingerprint density at radius 2 is 1.48 bits per heavy atom. The first-order chi connectivity index (χ1) is 9.70. The number of hydrogen-bond acceptors (Lipinski definition) is 2. The fourth-order valence-corrected chi connectivity index (χ4v) is 2.83. The van der Waals surface area contributed by atoms with Crippen LogP contribution in [0.1, 0.15) is 16.5 Å². The molecule has 0 saturated carbocycles. The summed E-state index contributed by atoms with van der Waals surface area (Å²) in [5, 5.41) is -1.20. The molecule has 0 radical (unpaired) electrons. The summed E-state index contributed by atoms with van der Waals surface area (Å²) in [6.07, 6.45) is 1.04. The van der Waals surface area contributed by atoms with Crippen LogP contribution in [-0.2, 0) is 9.84 Å². The van der Waals surface area contributed by atoms with Crippen molar-refractivity contribution in [2.75, 3.05) is 6.26 Å². The maximum Gasteiger partial charge on any atom is 0.175 e. The van der Waals surface area contributed by atoms with Gasteiger partial charge in [0, 0.05) is 24.0 Å². The van der Waals surface area contributed by atoms with Crippen molar-refractivity contribution in [3.05, 3.63) is 65.0 Å². The second kappa shape index (κ2) is 5.69. The summed E-state index contributed by atoms with van der Waals surface area (Å²) in [6, 6.07) is 6.38. The predicted octanol–water partition coefficient (Wildman–Crippen LogP) is 3.84. The minimum atomic E-state index is -3.37. The molecule has 0 aliphatic rings. The molecule has 0 aliphatic heterocycles. The monoisotopic (exact) mass is 334 g/mol. The van der Waals surface area contributed by atoms with Crippen molar-refractivity contribution < 1.29 is 21.6 Å². The van der Waals surface area contributed by atoms with Crippen LogP contribution in [-0.4, -0.2) is 14.7 Å². The lowest BCUT2D eigenvalue weighted by Crippen LogP contribution is -2.03. The van der Waals surface area contributed by atoms with Crippen LogP contribution >= 0.6 is 11.6 Å². The number of alkyl halides is 1. The molecule has 0 spiro atoms. The van der Waals surface area contributed by atoms with Gasteiger partial charge in [-0.1, -0.05) is 12.1 Å². The van der Waals surface area contributed by atoms with Crippen molar-refractivity contribution in [1.29, 1.82) is 0 Å². The summed E-state index contributed by atoms with van der Waals surface area (Å²) in [5.74, 6) is -3.23. The molecule has 2 nitrogen and oxygen atoms in total. The average molecular weight is 335 g/mol. The van der Waals surface area contributed by atoms with Gasteiger partial charge < -0.3 is 0 Å². The molecule has 2 aromatic rings. The summed E-state index contributed by atoms with van der Waals surface area (Å²) in [6.45, 7) is 0. The second-order valence-corrected chi connectivity index (χ2v) is 6.94. The van der Waals surface area contributed by atoms with Crippen LogP contribution in [0.25, 0.3) is 0 Å². The van der Waals surface area contributed by atoms with Crippen molar-refractivity contribution in [2.24, 2.45) is 0 Å². The molecule has 1 unspecified atom stereocenters. The fraction of sp³-hybridized carbons (Fsp3) is 0.143. The van der Waals surface area contributed by atoms with Crippen LogP contribution in [0.5, 0.6) is 0 Å². The van der Waals surface area contributed by atoms with Gasteiger partial charge in [0.25, 0.3) is 0 Å². The first kappa shape index (κ1) is 15.9. The number of rotatable bonds is 3. The van der Waals surface area contributed by atoms with E-state index in [0.29, 0.717) is 17.7 Å². The highest BCUT2D eigenvalue weighted by Crippen LogP contribution is 2.33. The van der Waals surface area contributed by atoms with Crippen molar-refractivity contribution >= 4 is 21.4 Å². The number of sulfone groups is 1. The molecule has 0 aromatic heterocycles. The Morgan fingerprint density at radius 3 is 1.90 bits per heavy atom. The lowest BCUT2D eigenvalue weighted by molar-refractivity contribution is 0.526. The molecule has 21 heavy (non-hydrogen) atoms. The number of benzene rings is 2. The zero-order valence-corrected chi connectivity index (χ0v) is 12.4. The summed E-state index contributed by atoms with van der Waals surface area (Å²) < 4.78 is 62.8. The molecule has 1 atom stereocenters. The fourth-order valence-electron chi connectivity index (χ4n) is 1.85. The Kier molecular flexibility index (Phi) is 4.30. The molecule has 0 fully saturated rings. The Morgan fingerprint density at radius 1 is 1.00 bits per heavy atom. The van der Waals surface area contributed by atoms with Gasteiger partial charge in [-0.3, -0.25) is 0 Å². The van der Waals surface area contributed by atoms with E-state index in [1.165, 1.54) is 24.3 Å². The van der Waals surface area contributed by atoms with E-state index in [4.69, 9.17) is 11.6 Å². The Balaban J connectivity index is 2.44. The minimum absolute atomic E-state index is 0.0650. The largest absolute Gasteiger partial charge is 0.224 e. The Labute approximate surface area is 125 Å². The lowest BCUT2D eigenvalue weighted by atomic mass is 10.0.